The molecule has 2 unspecified atom stereocenters. The lowest BCUT2D eigenvalue weighted by atomic mass is 10.0. The van der Waals surface area contributed by atoms with E-state index in [-0.39, 0.29) is 42.3 Å². The molecule has 2 heterocycles. The summed E-state index contributed by atoms with van der Waals surface area (Å²) in [6.45, 7) is 2.65. The summed E-state index contributed by atoms with van der Waals surface area (Å²) in [5.41, 5.74) is 0.556. The smallest absolute Gasteiger partial charge is 0.228 e. The molecule has 2 aliphatic heterocycles. The average Bonchev–Trinajstić information content (AvgIpc) is 3.32. The molecule has 0 radical (unpaired) electrons. The molecule has 0 aromatic heterocycles. The van der Waals surface area contributed by atoms with Crippen molar-refractivity contribution in [3.05, 3.63) is 12.1 Å². The Morgan fingerprint density at radius 2 is 1.81 bits per heavy atom. The number of methoxy groups -OCH3 is 3. The minimum atomic E-state index is -3.11. The Balaban J connectivity index is 1.83. The minimum absolute atomic E-state index is 0.00397. The summed E-state index contributed by atoms with van der Waals surface area (Å²) in [6.07, 6.45) is 1.25. The van der Waals surface area contributed by atoms with Crippen LogP contribution in [0.1, 0.15) is 26.2 Å². The predicted molar refractivity (Wildman–Crippen MR) is 116 cm³/mol. The van der Waals surface area contributed by atoms with Gasteiger partial charge in [-0.05, 0) is 12.8 Å². The fraction of sp³-hybridized carbons (Fsp3) is 0.619. The van der Waals surface area contributed by atoms with Crippen molar-refractivity contribution in [2.45, 2.75) is 32.2 Å². The number of hydrogen-bond donors (Lipinski definition) is 0. The molecule has 10 heteroatoms. The maximum Gasteiger partial charge on any atom is 0.228 e. The van der Waals surface area contributed by atoms with Gasteiger partial charge in [0.25, 0.3) is 0 Å². The Morgan fingerprint density at radius 1 is 1.16 bits per heavy atom. The molecule has 3 rings (SSSR count). The number of carbonyl (C=O) groups is 2. The molecular formula is C21H30N2O7S. The quantitative estimate of drug-likeness (QED) is 0.586. The highest BCUT2D eigenvalue weighted by Gasteiger charge is 2.41. The highest BCUT2D eigenvalue weighted by molar-refractivity contribution is 7.91. The van der Waals surface area contributed by atoms with Crippen LogP contribution in [0.4, 0.5) is 5.69 Å². The summed E-state index contributed by atoms with van der Waals surface area (Å²) >= 11 is 0. The number of carbonyl (C=O) groups excluding carboxylic acids is 2. The number of amides is 2. The Hall–Kier alpha value is -2.49. The SMILES string of the molecule is CCCN(C(=O)C1CC(=O)N(c2cc(OC)c(OC)c(OC)c2)C1)C1CCS(=O)(=O)C1. The molecule has 1 aromatic carbocycles. The molecule has 0 spiro atoms. The maximum atomic E-state index is 13.3. The molecule has 2 aliphatic rings. The molecule has 0 bridgehead atoms. The fourth-order valence-electron chi connectivity index (χ4n) is 4.31. The third-order valence-corrected chi connectivity index (χ3v) is 7.58. The van der Waals surface area contributed by atoms with Gasteiger partial charge in [-0.25, -0.2) is 8.42 Å². The molecule has 0 N–H and O–H groups in total. The van der Waals surface area contributed by atoms with Gasteiger partial charge in [-0.15, -0.1) is 0 Å². The first-order valence-electron chi connectivity index (χ1n) is 10.4. The van der Waals surface area contributed by atoms with Crippen molar-refractivity contribution in [1.82, 2.24) is 4.90 Å². The van der Waals surface area contributed by atoms with E-state index in [0.29, 0.717) is 35.9 Å². The molecule has 0 aliphatic carbocycles. The van der Waals surface area contributed by atoms with E-state index in [9.17, 15) is 18.0 Å². The highest BCUT2D eigenvalue weighted by Crippen LogP contribution is 2.42. The van der Waals surface area contributed by atoms with Crippen molar-refractivity contribution in [2.75, 3.05) is 50.8 Å². The highest BCUT2D eigenvalue weighted by atomic mass is 32.2. The summed E-state index contributed by atoms with van der Waals surface area (Å²) < 4.78 is 39.9. The van der Waals surface area contributed by atoms with Crippen LogP contribution >= 0.6 is 0 Å². The van der Waals surface area contributed by atoms with Gasteiger partial charge in [-0.3, -0.25) is 9.59 Å². The van der Waals surface area contributed by atoms with Crippen molar-refractivity contribution in [2.24, 2.45) is 5.92 Å². The van der Waals surface area contributed by atoms with E-state index in [1.165, 1.54) is 21.3 Å². The van der Waals surface area contributed by atoms with Gasteiger partial charge in [0.1, 0.15) is 0 Å². The normalized spacial score (nSPS) is 22.5. The van der Waals surface area contributed by atoms with Crippen LogP contribution in [-0.2, 0) is 19.4 Å². The Labute approximate surface area is 183 Å². The summed E-state index contributed by atoms with van der Waals surface area (Å²) in [7, 11) is 1.38. The maximum absolute atomic E-state index is 13.3. The van der Waals surface area contributed by atoms with E-state index < -0.39 is 15.8 Å². The van der Waals surface area contributed by atoms with E-state index in [4.69, 9.17) is 14.2 Å². The summed E-state index contributed by atoms with van der Waals surface area (Å²) in [6, 6.07) is 3.04. The lowest BCUT2D eigenvalue weighted by Gasteiger charge is -2.30. The number of rotatable bonds is 8. The number of hydrogen-bond acceptors (Lipinski definition) is 7. The minimum Gasteiger partial charge on any atom is -0.493 e. The molecule has 2 amide bonds. The van der Waals surface area contributed by atoms with E-state index in [0.717, 1.165) is 6.42 Å². The Kier molecular flexibility index (Phi) is 6.98. The van der Waals surface area contributed by atoms with Crippen LogP contribution in [0.25, 0.3) is 0 Å². The van der Waals surface area contributed by atoms with Gasteiger partial charge in [0.2, 0.25) is 17.6 Å². The second-order valence-electron chi connectivity index (χ2n) is 7.88. The van der Waals surface area contributed by atoms with Crippen LogP contribution in [-0.4, -0.2) is 77.1 Å². The van der Waals surface area contributed by atoms with E-state index in [1.807, 2.05) is 6.92 Å². The lowest BCUT2D eigenvalue weighted by Crippen LogP contribution is -2.45. The van der Waals surface area contributed by atoms with Crippen LogP contribution in [0.15, 0.2) is 12.1 Å². The van der Waals surface area contributed by atoms with Gasteiger partial charge in [0.15, 0.2) is 21.3 Å². The van der Waals surface area contributed by atoms with Gasteiger partial charge in [0.05, 0.1) is 44.4 Å². The monoisotopic (exact) mass is 454 g/mol. The molecule has 2 atom stereocenters. The molecule has 2 fully saturated rings. The average molecular weight is 455 g/mol. The number of nitrogens with zero attached hydrogens (tertiary/aromatic N) is 2. The largest absolute Gasteiger partial charge is 0.493 e. The van der Waals surface area contributed by atoms with Crippen molar-refractivity contribution in [3.8, 4) is 17.2 Å². The van der Waals surface area contributed by atoms with Crippen LogP contribution in [0, 0.1) is 5.92 Å². The first kappa shape index (κ1) is 23.2. The Morgan fingerprint density at radius 3 is 2.29 bits per heavy atom. The second kappa shape index (κ2) is 9.33. The molecule has 172 valence electrons. The zero-order valence-electron chi connectivity index (χ0n) is 18.4. The van der Waals surface area contributed by atoms with Gasteiger partial charge in [-0.2, -0.15) is 0 Å². The van der Waals surface area contributed by atoms with Crippen LogP contribution in [0.2, 0.25) is 0 Å². The number of sulfone groups is 1. The third-order valence-electron chi connectivity index (χ3n) is 5.83. The van der Waals surface area contributed by atoms with Crippen molar-refractivity contribution < 1.29 is 32.2 Å². The van der Waals surface area contributed by atoms with E-state index in [2.05, 4.69) is 0 Å². The van der Waals surface area contributed by atoms with Crippen molar-refractivity contribution in [1.29, 1.82) is 0 Å². The zero-order valence-corrected chi connectivity index (χ0v) is 19.2. The lowest BCUT2D eigenvalue weighted by molar-refractivity contribution is -0.137. The predicted octanol–water partition coefficient (Wildman–Crippen LogP) is 1.49. The van der Waals surface area contributed by atoms with Crippen LogP contribution < -0.4 is 19.1 Å². The topological polar surface area (TPSA) is 102 Å². The van der Waals surface area contributed by atoms with Gasteiger partial charge in [0, 0.05) is 37.7 Å². The zero-order chi connectivity index (χ0) is 22.8. The van der Waals surface area contributed by atoms with Crippen LogP contribution in [0.5, 0.6) is 17.2 Å². The molecule has 1 aromatic rings. The molecule has 0 saturated carbocycles. The standard InChI is InChI=1S/C21H30N2O7S/c1-5-7-22(15-6-8-31(26,27)13-15)21(25)14-9-19(24)23(12-14)16-10-17(28-2)20(30-4)18(11-16)29-3/h10-11,14-15H,5-9,12-13H2,1-4H3. The first-order chi connectivity index (χ1) is 14.7. The van der Waals surface area contributed by atoms with Crippen molar-refractivity contribution in [3.63, 3.8) is 0 Å². The second-order valence-corrected chi connectivity index (χ2v) is 10.1. The summed E-state index contributed by atoms with van der Waals surface area (Å²) in [4.78, 5) is 29.3. The third kappa shape index (κ3) is 4.73. The molecule has 2 saturated heterocycles. The fourth-order valence-corrected chi connectivity index (χ4v) is 6.05. The van der Waals surface area contributed by atoms with E-state index >= 15 is 0 Å². The van der Waals surface area contributed by atoms with Gasteiger partial charge >= 0.3 is 0 Å². The van der Waals surface area contributed by atoms with E-state index in [1.54, 1.807) is 21.9 Å². The number of ether oxygens (including phenoxy) is 3. The van der Waals surface area contributed by atoms with Crippen molar-refractivity contribution >= 4 is 27.3 Å². The first-order valence-corrected chi connectivity index (χ1v) is 12.2. The number of anilines is 1. The summed E-state index contributed by atoms with van der Waals surface area (Å²) in [5.74, 6) is 0.496. The molecular weight excluding hydrogens is 424 g/mol. The van der Waals surface area contributed by atoms with Crippen LogP contribution in [0.3, 0.4) is 0 Å². The van der Waals surface area contributed by atoms with Gasteiger partial charge < -0.3 is 24.0 Å². The molecule has 9 nitrogen and oxygen atoms in total. The Bertz CT molecular complexity index is 922. The molecule has 31 heavy (non-hydrogen) atoms. The number of benzene rings is 1. The summed E-state index contributed by atoms with van der Waals surface area (Å²) in [5, 5.41) is 0. The van der Waals surface area contributed by atoms with Gasteiger partial charge in [-0.1, -0.05) is 6.92 Å².